The molecule has 1 saturated heterocycles. The summed E-state index contributed by atoms with van der Waals surface area (Å²) in [6.07, 6.45) is 5.79. The van der Waals surface area contributed by atoms with Crippen LogP contribution in [0.15, 0.2) is 54.6 Å². The molecule has 0 radical (unpaired) electrons. The molecule has 32 heavy (non-hydrogen) atoms. The molecule has 2 N–H and O–H groups in total. The van der Waals surface area contributed by atoms with Crippen molar-refractivity contribution in [2.24, 2.45) is 0 Å². The summed E-state index contributed by atoms with van der Waals surface area (Å²) in [6, 6.07) is 14.1. The number of piperazine rings is 1. The number of aromatic nitrogens is 1. The Morgan fingerprint density at radius 3 is 2.22 bits per heavy atom. The van der Waals surface area contributed by atoms with Crippen LogP contribution in [0.3, 0.4) is 0 Å². The lowest BCUT2D eigenvalue weighted by atomic mass is 10.1. The van der Waals surface area contributed by atoms with Crippen molar-refractivity contribution in [3.63, 3.8) is 0 Å². The van der Waals surface area contributed by atoms with E-state index in [0.29, 0.717) is 29.0 Å². The second-order valence-electron chi connectivity index (χ2n) is 8.25. The molecule has 3 rings (SSSR count). The number of amides is 1. The van der Waals surface area contributed by atoms with Gasteiger partial charge in [-0.15, -0.1) is 0 Å². The first kappa shape index (κ1) is 23.5. The van der Waals surface area contributed by atoms with E-state index in [4.69, 9.17) is 5.21 Å². The van der Waals surface area contributed by atoms with E-state index in [1.54, 1.807) is 24.3 Å². The van der Waals surface area contributed by atoms with Crippen LogP contribution in [0.1, 0.15) is 41.2 Å². The van der Waals surface area contributed by atoms with Crippen molar-refractivity contribution in [3.05, 3.63) is 77.1 Å². The molecule has 7 heteroatoms. The Bertz CT molecular complexity index is 989. The second kappa shape index (κ2) is 10.9. The number of nitrogens with zero attached hydrogens (tertiary/aromatic N) is 3. The lowest BCUT2D eigenvalue weighted by Crippen LogP contribution is -2.54. The summed E-state index contributed by atoms with van der Waals surface area (Å²) >= 11 is 0. The molecule has 0 saturated carbocycles. The molecule has 1 amide bonds. The second-order valence-corrected chi connectivity index (χ2v) is 8.25. The molecule has 1 fully saturated rings. The van der Waals surface area contributed by atoms with Crippen LogP contribution in [0.2, 0.25) is 0 Å². The summed E-state index contributed by atoms with van der Waals surface area (Å²) < 4.78 is 0. The van der Waals surface area contributed by atoms with Gasteiger partial charge in [0.1, 0.15) is 0 Å². The summed E-state index contributed by atoms with van der Waals surface area (Å²) in [4.78, 5) is 32.9. The first-order chi connectivity index (χ1) is 15.4. The Morgan fingerprint density at radius 1 is 1.03 bits per heavy atom. The average Bonchev–Trinajstić information content (AvgIpc) is 2.80. The highest BCUT2D eigenvalue weighted by molar-refractivity contribution is 6.06. The normalized spacial score (nSPS) is 20.1. The number of hydrogen-bond donors (Lipinski definition) is 2. The number of pyridine rings is 1. The third-order valence-corrected chi connectivity index (χ3v) is 5.79. The monoisotopic (exact) mass is 434 g/mol. The van der Waals surface area contributed by atoms with Gasteiger partial charge in [-0.05, 0) is 56.8 Å². The highest BCUT2D eigenvalue weighted by Crippen LogP contribution is 2.17. The summed E-state index contributed by atoms with van der Waals surface area (Å²) in [5, 5.41) is 8.53. The van der Waals surface area contributed by atoms with Gasteiger partial charge in [0.05, 0.1) is 11.4 Å². The zero-order valence-electron chi connectivity index (χ0n) is 18.7. The van der Waals surface area contributed by atoms with Gasteiger partial charge in [0.15, 0.2) is 5.78 Å². The highest BCUT2D eigenvalue weighted by atomic mass is 16.5. The molecule has 0 bridgehead atoms. The zero-order chi connectivity index (χ0) is 23.1. The molecule has 1 aliphatic heterocycles. The quantitative estimate of drug-likeness (QED) is 0.302. The predicted molar refractivity (Wildman–Crippen MR) is 125 cm³/mol. The van der Waals surface area contributed by atoms with Gasteiger partial charge < -0.3 is 0 Å². The van der Waals surface area contributed by atoms with Crippen LogP contribution in [0.5, 0.6) is 0 Å². The molecule has 0 spiro atoms. The Morgan fingerprint density at radius 2 is 1.62 bits per heavy atom. The van der Waals surface area contributed by atoms with Crippen LogP contribution in [-0.4, -0.2) is 63.9 Å². The van der Waals surface area contributed by atoms with Crippen molar-refractivity contribution in [1.29, 1.82) is 0 Å². The van der Waals surface area contributed by atoms with Gasteiger partial charge in [-0.3, -0.25) is 24.6 Å². The first-order valence-electron chi connectivity index (χ1n) is 10.7. The number of benzene rings is 1. The van der Waals surface area contributed by atoms with Gasteiger partial charge in [0, 0.05) is 43.4 Å². The molecule has 2 heterocycles. The number of carbonyl (C=O) groups excluding carboxylic acids is 2. The Hall–Kier alpha value is -3.13. The summed E-state index contributed by atoms with van der Waals surface area (Å²) in [5.74, 6) is -0.733. The molecular formula is C25H30N4O3. The van der Waals surface area contributed by atoms with Crippen LogP contribution in [0.4, 0.5) is 0 Å². The zero-order valence-corrected chi connectivity index (χ0v) is 18.7. The predicted octanol–water partition coefficient (Wildman–Crippen LogP) is 3.02. The lowest BCUT2D eigenvalue weighted by Gasteiger charge is -2.42. The van der Waals surface area contributed by atoms with E-state index in [9.17, 15) is 9.59 Å². The number of likely N-dealkylation sites (N-methyl/N-ethyl adjacent to an activating group) is 1. The lowest BCUT2D eigenvalue weighted by molar-refractivity contribution is -0.124. The van der Waals surface area contributed by atoms with E-state index in [1.165, 1.54) is 29.3 Å². The molecule has 2 unspecified atom stereocenters. The van der Waals surface area contributed by atoms with E-state index < -0.39 is 5.91 Å². The molecular weight excluding hydrogens is 404 g/mol. The Kier molecular flexibility index (Phi) is 8.05. The van der Waals surface area contributed by atoms with Crippen LogP contribution in [0, 0.1) is 0 Å². The van der Waals surface area contributed by atoms with Crippen molar-refractivity contribution in [2.45, 2.75) is 32.5 Å². The fourth-order valence-electron chi connectivity index (χ4n) is 3.79. The van der Waals surface area contributed by atoms with Crippen LogP contribution < -0.4 is 5.48 Å². The van der Waals surface area contributed by atoms with Crippen molar-refractivity contribution in [3.8, 4) is 0 Å². The minimum absolute atomic E-state index is 0.0965. The van der Waals surface area contributed by atoms with Crippen molar-refractivity contribution in [2.75, 3.05) is 20.1 Å². The topological polar surface area (TPSA) is 85.8 Å². The Labute approximate surface area is 189 Å². The van der Waals surface area contributed by atoms with E-state index in [-0.39, 0.29) is 5.78 Å². The maximum atomic E-state index is 12.6. The van der Waals surface area contributed by atoms with Gasteiger partial charge in [-0.2, -0.15) is 0 Å². The van der Waals surface area contributed by atoms with Gasteiger partial charge in [-0.25, -0.2) is 10.5 Å². The number of nitrogens with one attached hydrogen (secondary N) is 1. The van der Waals surface area contributed by atoms with E-state index in [0.717, 1.165) is 19.6 Å². The summed E-state index contributed by atoms with van der Waals surface area (Å²) in [5.41, 5.74) is 4.48. The number of allylic oxidation sites excluding steroid dienone is 1. The number of rotatable bonds is 7. The molecule has 168 valence electrons. The smallest absolute Gasteiger partial charge is 0.267 e. The fourth-order valence-corrected chi connectivity index (χ4v) is 3.79. The average molecular weight is 435 g/mol. The molecule has 1 aliphatic rings. The SMILES string of the molecule is CC1CN(Cc2ccc(C(=O)C=Cc3cccc(C=CC(=O)NO)n3)cc2)CC(C)N1C. The van der Waals surface area contributed by atoms with Gasteiger partial charge >= 0.3 is 0 Å². The summed E-state index contributed by atoms with van der Waals surface area (Å²) in [6.45, 7) is 7.46. The fraction of sp³-hybridized carbons (Fsp3) is 0.320. The largest absolute Gasteiger partial charge is 0.298 e. The molecule has 1 aromatic carbocycles. The number of carbonyl (C=O) groups is 2. The number of hydrogen-bond acceptors (Lipinski definition) is 6. The molecule has 7 nitrogen and oxygen atoms in total. The first-order valence-corrected chi connectivity index (χ1v) is 10.7. The van der Waals surface area contributed by atoms with Crippen LogP contribution >= 0.6 is 0 Å². The molecule has 2 atom stereocenters. The standard InChI is InChI=1S/C25H30N4O3/c1-18-15-29(16-19(2)28(18)3)17-20-7-9-21(10-8-20)24(30)13-11-22-5-4-6-23(26-22)12-14-25(31)27-32/h4-14,18-19,32H,15-17H2,1-3H3,(H,27,31). The minimum Gasteiger partial charge on any atom is -0.298 e. The van der Waals surface area contributed by atoms with Crippen molar-refractivity contribution < 1.29 is 14.8 Å². The molecule has 0 aliphatic carbocycles. The molecule has 1 aromatic heterocycles. The van der Waals surface area contributed by atoms with Crippen molar-refractivity contribution in [1.82, 2.24) is 20.3 Å². The third-order valence-electron chi connectivity index (χ3n) is 5.79. The molecule has 2 aromatic rings. The maximum Gasteiger partial charge on any atom is 0.267 e. The summed E-state index contributed by atoms with van der Waals surface area (Å²) in [7, 11) is 2.18. The third kappa shape index (κ3) is 6.43. The highest BCUT2D eigenvalue weighted by Gasteiger charge is 2.26. The van der Waals surface area contributed by atoms with E-state index in [1.807, 2.05) is 24.3 Å². The minimum atomic E-state index is -0.636. The van der Waals surface area contributed by atoms with Crippen molar-refractivity contribution >= 4 is 23.8 Å². The van der Waals surface area contributed by atoms with Crippen LogP contribution in [-0.2, 0) is 11.3 Å². The van der Waals surface area contributed by atoms with E-state index >= 15 is 0 Å². The van der Waals surface area contributed by atoms with Gasteiger partial charge in [0.25, 0.3) is 5.91 Å². The van der Waals surface area contributed by atoms with Crippen LogP contribution in [0.25, 0.3) is 12.2 Å². The maximum absolute atomic E-state index is 12.6. The number of hydroxylamine groups is 1. The van der Waals surface area contributed by atoms with Gasteiger partial charge in [0.2, 0.25) is 0 Å². The number of ketones is 1. The van der Waals surface area contributed by atoms with Gasteiger partial charge in [-0.1, -0.05) is 30.3 Å². The Balaban J connectivity index is 1.60. The van der Waals surface area contributed by atoms with E-state index in [2.05, 4.69) is 35.7 Å².